The van der Waals surface area contributed by atoms with E-state index in [1.807, 2.05) is 0 Å². The Morgan fingerprint density at radius 3 is 2.91 bits per heavy atom. The van der Waals surface area contributed by atoms with Gasteiger partial charge in [-0.05, 0) is 0 Å². The maximum Gasteiger partial charge on any atom is 0.304 e. The first-order valence-corrected chi connectivity index (χ1v) is 4.41. The molecule has 0 spiro atoms. The molecule has 0 unspecified atom stereocenters. The minimum atomic E-state index is 0.0190. The molecule has 0 saturated carbocycles. The summed E-state index contributed by atoms with van der Waals surface area (Å²) in [5, 5.41) is 3.23. The molecule has 0 atom stereocenters. The first-order chi connectivity index (χ1) is 5.18. The fourth-order valence-electron chi connectivity index (χ4n) is 0.709. The Morgan fingerprint density at radius 2 is 2.45 bits per heavy atom. The number of aromatic nitrogens is 1. The third-order valence-electron chi connectivity index (χ3n) is 1.26. The predicted molar refractivity (Wildman–Crippen MR) is 46.9 cm³/mol. The summed E-state index contributed by atoms with van der Waals surface area (Å²) in [5.74, 6) is 0. The molecule has 0 aliphatic heterocycles. The molecule has 11 heavy (non-hydrogen) atoms. The van der Waals surface area contributed by atoms with Gasteiger partial charge in [0.15, 0.2) is 0 Å². The van der Waals surface area contributed by atoms with Crippen LogP contribution in [0.5, 0.6) is 0 Å². The summed E-state index contributed by atoms with van der Waals surface area (Å²) in [7, 11) is 0. The fourth-order valence-corrected chi connectivity index (χ4v) is 1.34. The van der Waals surface area contributed by atoms with Crippen molar-refractivity contribution in [2.45, 2.75) is 26.4 Å². The molecular formula is C7H12N2OS. The summed E-state index contributed by atoms with van der Waals surface area (Å²) >= 11 is 1.26. The molecule has 62 valence electrons. The summed E-state index contributed by atoms with van der Waals surface area (Å²) in [6.07, 6.45) is 1.75. The van der Waals surface area contributed by atoms with Crippen molar-refractivity contribution in [3.05, 3.63) is 20.7 Å². The largest absolute Gasteiger partial charge is 0.319 e. The zero-order valence-corrected chi connectivity index (χ0v) is 7.49. The van der Waals surface area contributed by atoms with Crippen molar-refractivity contribution >= 4 is 11.3 Å². The molecule has 1 aromatic heterocycles. The van der Waals surface area contributed by atoms with Crippen LogP contribution in [0.3, 0.4) is 0 Å². The summed E-state index contributed by atoms with van der Waals surface area (Å²) in [6.45, 7) is 4.94. The van der Waals surface area contributed by atoms with Crippen LogP contribution in [0.2, 0.25) is 0 Å². The van der Waals surface area contributed by atoms with E-state index in [9.17, 15) is 4.79 Å². The van der Waals surface area contributed by atoms with E-state index in [1.165, 1.54) is 11.3 Å². The Hall–Kier alpha value is -0.610. The van der Waals surface area contributed by atoms with Crippen molar-refractivity contribution < 1.29 is 0 Å². The van der Waals surface area contributed by atoms with Crippen molar-refractivity contribution in [3.8, 4) is 0 Å². The second-order valence-electron chi connectivity index (χ2n) is 2.68. The Bertz CT molecular complexity index is 263. The van der Waals surface area contributed by atoms with Crippen LogP contribution in [-0.2, 0) is 6.54 Å². The highest BCUT2D eigenvalue weighted by Gasteiger charge is 1.97. The average Bonchev–Trinajstić information content (AvgIpc) is 2.31. The molecule has 0 aliphatic carbocycles. The molecule has 1 aromatic rings. The van der Waals surface area contributed by atoms with Crippen molar-refractivity contribution in [2.75, 3.05) is 0 Å². The monoisotopic (exact) mass is 172 g/mol. The number of thiazole rings is 1. The second kappa shape index (κ2) is 3.69. The van der Waals surface area contributed by atoms with Crippen molar-refractivity contribution in [1.82, 2.24) is 10.3 Å². The quantitative estimate of drug-likeness (QED) is 0.712. The zero-order chi connectivity index (χ0) is 8.27. The number of hydrogen-bond acceptors (Lipinski definition) is 3. The van der Waals surface area contributed by atoms with Crippen molar-refractivity contribution in [1.29, 1.82) is 0 Å². The van der Waals surface area contributed by atoms with Gasteiger partial charge >= 0.3 is 4.87 Å². The molecule has 0 radical (unpaired) electrons. The van der Waals surface area contributed by atoms with Crippen LogP contribution >= 0.6 is 11.3 Å². The smallest absolute Gasteiger partial charge is 0.304 e. The number of aromatic amines is 1. The van der Waals surface area contributed by atoms with E-state index in [0.29, 0.717) is 6.04 Å². The zero-order valence-electron chi connectivity index (χ0n) is 6.68. The van der Waals surface area contributed by atoms with Crippen molar-refractivity contribution in [2.24, 2.45) is 0 Å². The van der Waals surface area contributed by atoms with Crippen LogP contribution in [0, 0.1) is 0 Å². The van der Waals surface area contributed by atoms with E-state index >= 15 is 0 Å². The van der Waals surface area contributed by atoms with Gasteiger partial charge in [-0.1, -0.05) is 25.2 Å². The average molecular weight is 172 g/mol. The molecule has 1 rings (SSSR count). The molecule has 1 heterocycles. The molecule has 0 fully saturated rings. The van der Waals surface area contributed by atoms with Gasteiger partial charge in [-0.15, -0.1) is 0 Å². The number of rotatable bonds is 3. The molecule has 2 N–H and O–H groups in total. The second-order valence-corrected chi connectivity index (χ2v) is 3.78. The van der Waals surface area contributed by atoms with Crippen LogP contribution < -0.4 is 10.2 Å². The standard InChI is InChI=1S/C7H12N2OS/c1-5(2)8-3-6-4-9-7(10)11-6/h4-5,8H,3H2,1-2H3,(H,9,10). The van der Waals surface area contributed by atoms with E-state index in [-0.39, 0.29) is 4.87 Å². The normalized spacial score (nSPS) is 10.8. The highest BCUT2D eigenvalue weighted by Crippen LogP contribution is 1.99. The first-order valence-electron chi connectivity index (χ1n) is 3.59. The molecule has 0 aliphatic rings. The van der Waals surface area contributed by atoms with Gasteiger partial charge in [0.25, 0.3) is 0 Å². The maximum absolute atomic E-state index is 10.7. The van der Waals surface area contributed by atoms with E-state index in [4.69, 9.17) is 0 Å². The van der Waals surface area contributed by atoms with Crippen LogP contribution in [-0.4, -0.2) is 11.0 Å². The number of nitrogens with one attached hydrogen (secondary N) is 2. The summed E-state index contributed by atoms with van der Waals surface area (Å²) in [4.78, 5) is 14.4. The summed E-state index contributed by atoms with van der Waals surface area (Å²) in [6, 6.07) is 0.465. The van der Waals surface area contributed by atoms with Gasteiger partial charge in [-0.2, -0.15) is 0 Å². The van der Waals surface area contributed by atoms with Gasteiger partial charge in [0.2, 0.25) is 0 Å². The van der Waals surface area contributed by atoms with Crippen LogP contribution in [0.25, 0.3) is 0 Å². The summed E-state index contributed by atoms with van der Waals surface area (Å²) in [5.41, 5.74) is 0. The lowest BCUT2D eigenvalue weighted by molar-refractivity contribution is 0.593. The topological polar surface area (TPSA) is 44.9 Å². The van der Waals surface area contributed by atoms with Gasteiger partial charge in [0, 0.05) is 23.7 Å². The van der Waals surface area contributed by atoms with Gasteiger partial charge in [0.1, 0.15) is 0 Å². The molecular weight excluding hydrogens is 160 g/mol. The number of H-pyrrole nitrogens is 1. The number of hydrogen-bond donors (Lipinski definition) is 2. The van der Waals surface area contributed by atoms with Crippen LogP contribution in [0.1, 0.15) is 18.7 Å². The maximum atomic E-state index is 10.7. The predicted octanol–water partition coefficient (Wildman–Crippen LogP) is 0.934. The Balaban J connectivity index is 2.45. The fraction of sp³-hybridized carbons (Fsp3) is 0.571. The molecule has 0 amide bonds. The van der Waals surface area contributed by atoms with E-state index in [2.05, 4.69) is 24.1 Å². The molecule has 4 heteroatoms. The van der Waals surface area contributed by atoms with Gasteiger partial charge in [-0.25, -0.2) is 0 Å². The third-order valence-corrected chi connectivity index (χ3v) is 2.09. The van der Waals surface area contributed by atoms with Crippen LogP contribution in [0.15, 0.2) is 11.0 Å². The lowest BCUT2D eigenvalue weighted by Gasteiger charge is -2.04. The van der Waals surface area contributed by atoms with Crippen LogP contribution in [0.4, 0.5) is 0 Å². The molecule has 3 nitrogen and oxygen atoms in total. The molecule has 0 aromatic carbocycles. The molecule has 0 bridgehead atoms. The lowest BCUT2D eigenvalue weighted by Crippen LogP contribution is -2.21. The molecule has 0 saturated heterocycles. The first kappa shape index (κ1) is 8.49. The van der Waals surface area contributed by atoms with Gasteiger partial charge in [0.05, 0.1) is 0 Å². The lowest BCUT2D eigenvalue weighted by atomic mass is 10.4. The highest BCUT2D eigenvalue weighted by molar-refractivity contribution is 7.09. The van der Waals surface area contributed by atoms with E-state index in [1.54, 1.807) is 6.20 Å². The Morgan fingerprint density at radius 1 is 1.73 bits per heavy atom. The Labute approximate surface area is 69.5 Å². The van der Waals surface area contributed by atoms with E-state index < -0.39 is 0 Å². The van der Waals surface area contributed by atoms with Gasteiger partial charge in [-0.3, -0.25) is 4.79 Å². The minimum absolute atomic E-state index is 0.0190. The van der Waals surface area contributed by atoms with Crippen molar-refractivity contribution in [3.63, 3.8) is 0 Å². The van der Waals surface area contributed by atoms with Gasteiger partial charge < -0.3 is 10.3 Å². The Kier molecular flexibility index (Phi) is 2.84. The highest BCUT2D eigenvalue weighted by atomic mass is 32.1. The van der Waals surface area contributed by atoms with E-state index in [0.717, 1.165) is 11.4 Å². The summed E-state index contributed by atoms with van der Waals surface area (Å²) < 4.78 is 0. The third kappa shape index (κ3) is 2.86. The minimum Gasteiger partial charge on any atom is -0.319 e. The SMILES string of the molecule is CC(C)NCc1c[nH]c(=O)s1.